The minimum atomic E-state index is -3.54. The zero-order valence-electron chi connectivity index (χ0n) is 17.5. The topological polar surface area (TPSA) is 54.3 Å². The lowest BCUT2D eigenvalue weighted by Crippen LogP contribution is -2.51. The van der Waals surface area contributed by atoms with Crippen molar-refractivity contribution in [2.24, 2.45) is 0 Å². The highest BCUT2D eigenvalue weighted by Gasteiger charge is 2.43. The maximum absolute atomic E-state index is 13.9. The monoisotopic (exact) mass is 439 g/mol. The molecule has 2 aliphatic heterocycles. The molecule has 31 heavy (non-hydrogen) atoms. The second-order valence-corrected chi connectivity index (χ2v) is 10.4. The second kappa shape index (κ2) is 7.50. The Kier molecular flexibility index (Phi) is 4.90. The van der Waals surface area contributed by atoms with Gasteiger partial charge in [0, 0.05) is 25.0 Å². The van der Waals surface area contributed by atoms with Crippen molar-refractivity contribution in [3.8, 4) is 5.69 Å². The predicted molar refractivity (Wildman–Crippen MR) is 119 cm³/mol. The van der Waals surface area contributed by atoms with Gasteiger partial charge in [0.2, 0.25) is 10.0 Å². The van der Waals surface area contributed by atoms with E-state index in [1.807, 2.05) is 24.4 Å². The molecule has 0 unspecified atom stereocenters. The van der Waals surface area contributed by atoms with Crippen LogP contribution in [-0.2, 0) is 22.0 Å². The molecule has 2 aromatic carbocycles. The average molecular weight is 440 g/mol. The fraction of sp³-hybridized carbons (Fsp3) is 0.333. The number of halogens is 1. The normalized spacial score (nSPS) is 17.7. The zero-order chi connectivity index (χ0) is 21.6. The molecular weight excluding hydrogens is 413 g/mol. The van der Waals surface area contributed by atoms with Crippen LogP contribution in [0, 0.1) is 5.82 Å². The van der Waals surface area contributed by atoms with Gasteiger partial charge in [-0.2, -0.15) is 4.31 Å². The van der Waals surface area contributed by atoms with E-state index in [-0.39, 0.29) is 5.82 Å². The Balaban J connectivity index is 1.40. The summed E-state index contributed by atoms with van der Waals surface area (Å²) < 4.78 is 44.0. The summed E-state index contributed by atoms with van der Waals surface area (Å²) in [4.78, 5) is 0.343. The number of hydrogen-bond donors (Lipinski definition) is 1. The van der Waals surface area contributed by atoms with Gasteiger partial charge in [-0.3, -0.25) is 0 Å². The first kappa shape index (κ1) is 20.3. The molecule has 5 nitrogen and oxygen atoms in total. The number of nitrogens with one attached hydrogen (secondary N) is 1. The van der Waals surface area contributed by atoms with Crippen LogP contribution in [0.1, 0.15) is 37.4 Å². The van der Waals surface area contributed by atoms with Crippen LogP contribution in [0.15, 0.2) is 65.7 Å². The third kappa shape index (κ3) is 3.36. The number of hydrogen-bond acceptors (Lipinski definition) is 3. The van der Waals surface area contributed by atoms with E-state index in [1.165, 1.54) is 12.1 Å². The Morgan fingerprint density at radius 2 is 1.81 bits per heavy atom. The van der Waals surface area contributed by atoms with Gasteiger partial charge in [0.25, 0.3) is 0 Å². The Labute approximate surface area is 182 Å². The molecule has 1 aromatic heterocycles. The Morgan fingerprint density at radius 3 is 2.52 bits per heavy atom. The molecule has 1 N–H and O–H groups in total. The molecule has 0 saturated carbocycles. The standard InChI is InChI=1S/C24H26FN3O2S/c1-2-4-18-6-9-20(10-7-18)31(29,30)27-15-12-24(13-16-27)23-5-3-14-28(23)22-11-8-19(25)17-21(22)26-24/h3,5-11,14,17,26H,2,4,12-13,15-16H2,1H3. The average Bonchev–Trinajstić information content (AvgIpc) is 3.26. The van der Waals surface area contributed by atoms with E-state index in [4.69, 9.17) is 0 Å². The number of fused-ring (bicyclic) bond motifs is 4. The summed E-state index contributed by atoms with van der Waals surface area (Å²) in [7, 11) is -3.54. The summed E-state index contributed by atoms with van der Waals surface area (Å²) >= 11 is 0. The van der Waals surface area contributed by atoms with Gasteiger partial charge in [-0.05, 0) is 67.3 Å². The molecule has 0 amide bonds. The van der Waals surface area contributed by atoms with Crippen LogP contribution in [0.3, 0.4) is 0 Å². The lowest BCUT2D eigenvalue weighted by atomic mass is 9.83. The summed E-state index contributed by atoms with van der Waals surface area (Å²) in [6, 6.07) is 16.0. The Morgan fingerprint density at radius 1 is 1.06 bits per heavy atom. The molecule has 1 saturated heterocycles. The fourth-order valence-electron chi connectivity index (χ4n) is 4.88. The first-order chi connectivity index (χ1) is 14.9. The first-order valence-corrected chi connectivity index (χ1v) is 12.2. The summed E-state index contributed by atoms with van der Waals surface area (Å²) in [5.41, 5.74) is 3.48. The van der Waals surface area contributed by atoms with Crippen molar-refractivity contribution < 1.29 is 12.8 Å². The number of anilines is 1. The number of piperidine rings is 1. The number of rotatable bonds is 4. The van der Waals surface area contributed by atoms with Gasteiger partial charge < -0.3 is 9.88 Å². The van der Waals surface area contributed by atoms with Crippen molar-refractivity contribution >= 4 is 15.7 Å². The molecule has 1 spiro atoms. The van der Waals surface area contributed by atoms with Crippen LogP contribution in [0.2, 0.25) is 0 Å². The molecule has 162 valence electrons. The van der Waals surface area contributed by atoms with Gasteiger partial charge in [0.15, 0.2) is 0 Å². The second-order valence-electron chi connectivity index (χ2n) is 8.43. The first-order valence-electron chi connectivity index (χ1n) is 10.8. The molecule has 1 fully saturated rings. The van der Waals surface area contributed by atoms with Crippen LogP contribution >= 0.6 is 0 Å². The summed E-state index contributed by atoms with van der Waals surface area (Å²) in [6.45, 7) is 2.92. The lowest BCUT2D eigenvalue weighted by molar-refractivity contribution is 0.247. The number of sulfonamides is 1. The number of aromatic nitrogens is 1. The molecule has 3 heterocycles. The predicted octanol–water partition coefficient (Wildman–Crippen LogP) is 4.67. The van der Waals surface area contributed by atoms with E-state index in [1.54, 1.807) is 22.5 Å². The van der Waals surface area contributed by atoms with Crippen molar-refractivity contribution in [1.82, 2.24) is 8.87 Å². The number of aryl methyl sites for hydroxylation is 1. The quantitative estimate of drug-likeness (QED) is 0.643. The molecule has 3 aromatic rings. The van der Waals surface area contributed by atoms with E-state index >= 15 is 0 Å². The zero-order valence-corrected chi connectivity index (χ0v) is 18.3. The summed E-state index contributed by atoms with van der Waals surface area (Å²) in [6.07, 6.45) is 5.18. The largest absolute Gasteiger partial charge is 0.372 e. The molecule has 5 rings (SSSR count). The van der Waals surface area contributed by atoms with Crippen molar-refractivity contribution in [1.29, 1.82) is 0 Å². The molecule has 2 aliphatic rings. The highest BCUT2D eigenvalue weighted by molar-refractivity contribution is 7.89. The van der Waals surface area contributed by atoms with Crippen molar-refractivity contribution in [3.05, 3.63) is 77.9 Å². The minimum absolute atomic E-state index is 0.288. The van der Waals surface area contributed by atoms with Crippen molar-refractivity contribution in [2.45, 2.75) is 43.0 Å². The molecule has 0 atom stereocenters. The van der Waals surface area contributed by atoms with Gasteiger partial charge in [0.1, 0.15) is 5.82 Å². The fourth-order valence-corrected chi connectivity index (χ4v) is 6.32. The van der Waals surface area contributed by atoms with Crippen molar-refractivity contribution in [3.63, 3.8) is 0 Å². The van der Waals surface area contributed by atoms with E-state index in [0.29, 0.717) is 30.8 Å². The molecule has 0 bridgehead atoms. The third-order valence-corrected chi connectivity index (χ3v) is 8.42. The molecule has 7 heteroatoms. The summed E-state index contributed by atoms with van der Waals surface area (Å²) in [5.74, 6) is -0.288. The third-order valence-electron chi connectivity index (χ3n) is 6.51. The van der Waals surface area contributed by atoms with Crippen LogP contribution in [0.5, 0.6) is 0 Å². The van der Waals surface area contributed by atoms with Gasteiger partial charge in [-0.15, -0.1) is 0 Å². The molecular formula is C24H26FN3O2S. The minimum Gasteiger partial charge on any atom is -0.372 e. The Hall–Kier alpha value is -2.64. The van der Waals surface area contributed by atoms with E-state index in [9.17, 15) is 12.8 Å². The lowest BCUT2D eigenvalue weighted by Gasteiger charge is -2.45. The number of nitrogens with zero attached hydrogens (tertiary/aromatic N) is 2. The van der Waals surface area contributed by atoms with Gasteiger partial charge in [-0.1, -0.05) is 25.5 Å². The molecule has 0 radical (unpaired) electrons. The number of benzene rings is 2. The SMILES string of the molecule is CCCc1ccc(S(=O)(=O)N2CCC3(CC2)Nc2cc(F)ccc2-n2cccc23)cc1. The van der Waals surface area contributed by atoms with Gasteiger partial charge in [-0.25, -0.2) is 12.8 Å². The summed E-state index contributed by atoms with van der Waals surface area (Å²) in [5, 5.41) is 3.55. The van der Waals surface area contributed by atoms with Crippen LogP contribution in [0.25, 0.3) is 5.69 Å². The van der Waals surface area contributed by atoms with E-state index in [2.05, 4.69) is 22.9 Å². The van der Waals surface area contributed by atoms with Gasteiger partial charge >= 0.3 is 0 Å². The van der Waals surface area contributed by atoms with Crippen LogP contribution in [0.4, 0.5) is 10.1 Å². The van der Waals surface area contributed by atoms with E-state index in [0.717, 1.165) is 35.5 Å². The van der Waals surface area contributed by atoms with Crippen LogP contribution in [-0.4, -0.2) is 30.4 Å². The molecule has 0 aliphatic carbocycles. The van der Waals surface area contributed by atoms with E-state index < -0.39 is 15.6 Å². The maximum atomic E-state index is 13.9. The Bertz CT molecular complexity index is 1210. The highest BCUT2D eigenvalue weighted by atomic mass is 32.2. The van der Waals surface area contributed by atoms with Crippen LogP contribution < -0.4 is 5.32 Å². The highest BCUT2D eigenvalue weighted by Crippen LogP contribution is 2.44. The maximum Gasteiger partial charge on any atom is 0.243 e. The van der Waals surface area contributed by atoms with Crippen molar-refractivity contribution in [2.75, 3.05) is 18.4 Å². The smallest absolute Gasteiger partial charge is 0.243 e. The van der Waals surface area contributed by atoms with Gasteiger partial charge in [0.05, 0.1) is 21.8 Å².